The van der Waals surface area contributed by atoms with Crippen molar-refractivity contribution in [3.8, 4) is 0 Å². The van der Waals surface area contributed by atoms with Crippen LogP contribution in [0.25, 0.3) is 6.08 Å². The molecule has 1 heteroatoms. The maximum atomic E-state index is 9.03. The number of aliphatic hydroxyl groups excluding tert-OH is 1. The summed E-state index contributed by atoms with van der Waals surface area (Å²) in [6.45, 7) is 2.30. The van der Waals surface area contributed by atoms with Gasteiger partial charge in [0, 0.05) is 5.92 Å². The molecule has 1 aromatic carbocycles. The second-order valence-electron chi connectivity index (χ2n) is 3.28. The van der Waals surface area contributed by atoms with Crippen LogP contribution in [0.2, 0.25) is 0 Å². The first kappa shape index (κ1) is 7.56. The van der Waals surface area contributed by atoms with E-state index in [0.717, 1.165) is 0 Å². The van der Waals surface area contributed by atoms with Crippen LogP contribution in [0.15, 0.2) is 24.3 Å². The molecule has 0 heterocycles. The highest BCUT2D eigenvalue weighted by atomic mass is 16.3. The Bertz CT molecular complexity index is 326. The molecule has 1 aromatic rings. The van der Waals surface area contributed by atoms with E-state index in [1.165, 1.54) is 16.7 Å². The SMILES string of the molecule is Cc1ccc2c(c1)C=CC2CO. The minimum absolute atomic E-state index is 0.215. The van der Waals surface area contributed by atoms with Gasteiger partial charge in [0.1, 0.15) is 0 Å². The van der Waals surface area contributed by atoms with Crippen molar-refractivity contribution in [3.63, 3.8) is 0 Å². The number of aryl methyl sites for hydroxylation is 1. The molecule has 1 aliphatic carbocycles. The maximum Gasteiger partial charge on any atom is 0.0534 e. The van der Waals surface area contributed by atoms with Gasteiger partial charge in [0.15, 0.2) is 0 Å². The van der Waals surface area contributed by atoms with Crippen molar-refractivity contribution in [2.45, 2.75) is 12.8 Å². The molecular formula is C11H12O. The number of fused-ring (bicyclic) bond motifs is 1. The summed E-state index contributed by atoms with van der Waals surface area (Å²) in [6.07, 6.45) is 4.15. The molecule has 1 aliphatic rings. The quantitative estimate of drug-likeness (QED) is 0.667. The van der Waals surface area contributed by atoms with Gasteiger partial charge in [-0.1, -0.05) is 35.9 Å². The van der Waals surface area contributed by atoms with Crippen LogP contribution in [0, 0.1) is 6.92 Å². The molecule has 2 rings (SSSR count). The van der Waals surface area contributed by atoms with E-state index in [-0.39, 0.29) is 12.5 Å². The molecule has 62 valence electrons. The molecule has 0 radical (unpaired) electrons. The molecule has 1 atom stereocenters. The van der Waals surface area contributed by atoms with Gasteiger partial charge in [-0.2, -0.15) is 0 Å². The molecule has 0 aliphatic heterocycles. The van der Waals surface area contributed by atoms with E-state index < -0.39 is 0 Å². The molecule has 0 spiro atoms. The third-order valence-electron chi connectivity index (χ3n) is 2.35. The number of hydrogen-bond donors (Lipinski definition) is 1. The summed E-state index contributed by atoms with van der Waals surface area (Å²) in [4.78, 5) is 0. The zero-order valence-corrected chi connectivity index (χ0v) is 7.12. The van der Waals surface area contributed by atoms with Crippen molar-refractivity contribution in [1.29, 1.82) is 0 Å². The van der Waals surface area contributed by atoms with Crippen molar-refractivity contribution in [3.05, 3.63) is 41.0 Å². The van der Waals surface area contributed by atoms with E-state index >= 15 is 0 Å². The van der Waals surface area contributed by atoms with Crippen molar-refractivity contribution in [2.24, 2.45) is 0 Å². The third kappa shape index (κ3) is 1.07. The minimum Gasteiger partial charge on any atom is -0.395 e. The van der Waals surface area contributed by atoms with Gasteiger partial charge in [-0.15, -0.1) is 0 Å². The van der Waals surface area contributed by atoms with Gasteiger partial charge in [0.25, 0.3) is 0 Å². The fourth-order valence-electron chi connectivity index (χ4n) is 1.66. The molecule has 1 N–H and O–H groups in total. The molecule has 0 aromatic heterocycles. The Labute approximate surface area is 72.4 Å². The van der Waals surface area contributed by atoms with Crippen LogP contribution in [0.3, 0.4) is 0 Å². The summed E-state index contributed by atoms with van der Waals surface area (Å²) >= 11 is 0. The van der Waals surface area contributed by atoms with Gasteiger partial charge in [-0.3, -0.25) is 0 Å². The van der Waals surface area contributed by atoms with Crippen LogP contribution in [0.5, 0.6) is 0 Å². The van der Waals surface area contributed by atoms with E-state index in [2.05, 4.69) is 37.3 Å². The van der Waals surface area contributed by atoms with E-state index in [1.807, 2.05) is 0 Å². The summed E-state index contributed by atoms with van der Waals surface area (Å²) in [6, 6.07) is 6.35. The molecule has 0 saturated carbocycles. The summed E-state index contributed by atoms with van der Waals surface area (Å²) in [7, 11) is 0. The van der Waals surface area contributed by atoms with E-state index in [9.17, 15) is 0 Å². The normalized spacial score (nSPS) is 19.7. The fourth-order valence-corrected chi connectivity index (χ4v) is 1.66. The Balaban J connectivity index is 2.47. The highest BCUT2D eigenvalue weighted by molar-refractivity contribution is 5.63. The predicted octanol–water partition coefficient (Wildman–Crippen LogP) is 2.10. The lowest BCUT2D eigenvalue weighted by Gasteiger charge is -2.06. The molecular weight excluding hydrogens is 148 g/mol. The van der Waals surface area contributed by atoms with E-state index in [0.29, 0.717) is 0 Å². The highest BCUT2D eigenvalue weighted by Gasteiger charge is 2.15. The molecule has 1 unspecified atom stereocenters. The summed E-state index contributed by atoms with van der Waals surface area (Å²) < 4.78 is 0. The molecule has 0 fully saturated rings. The van der Waals surface area contributed by atoms with Gasteiger partial charge < -0.3 is 5.11 Å². The Morgan fingerprint density at radius 3 is 3.00 bits per heavy atom. The van der Waals surface area contributed by atoms with Crippen molar-refractivity contribution < 1.29 is 5.11 Å². The van der Waals surface area contributed by atoms with Gasteiger partial charge in [-0.25, -0.2) is 0 Å². The van der Waals surface area contributed by atoms with Gasteiger partial charge in [0.05, 0.1) is 6.61 Å². The molecule has 1 nitrogen and oxygen atoms in total. The lowest BCUT2D eigenvalue weighted by Crippen LogP contribution is -1.98. The first-order chi connectivity index (χ1) is 5.81. The van der Waals surface area contributed by atoms with Crippen LogP contribution in [-0.4, -0.2) is 11.7 Å². The predicted molar refractivity (Wildman–Crippen MR) is 50.0 cm³/mol. The summed E-state index contributed by atoms with van der Waals surface area (Å²) in [5.74, 6) is 0.223. The lowest BCUT2D eigenvalue weighted by molar-refractivity contribution is 0.284. The smallest absolute Gasteiger partial charge is 0.0534 e. The van der Waals surface area contributed by atoms with Gasteiger partial charge >= 0.3 is 0 Å². The Kier molecular flexibility index (Phi) is 1.74. The van der Waals surface area contributed by atoms with Gasteiger partial charge in [0.2, 0.25) is 0 Å². The average molecular weight is 160 g/mol. The Hall–Kier alpha value is -1.08. The average Bonchev–Trinajstić information content (AvgIpc) is 2.46. The number of hydrogen-bond acceptors (Lipinski definition) is 1. The highest BCUT2D eigenvalue weighted by Crippen LogP contribution is 2.29. The van der Waals surface area contributed by atoms with Crippen molar-refractivity contribution in [1.82, 2.24) is 0 Å². The molecule has 0 amide bonds. The first-order valence-electron chi connectivity index (χ1n) is 4.21. The first-order valence-corrected chi connectivity index (χ1v) is 4.21. The molecule has 12 heavy (non-hydrogen) atoms. The van der Waals surface area contributed by atoms with Crippen LogP contribution in [0.1, 0.15) is 22.6 Å². The lowest BCUT2D eigenvalue weighted by atomic mass is 10.0. The van der Waals surface area contributed by atoms with Crippen LogP contribution in [-0.2, 0) is 0 Å². The second-order valence-corrected chi connectivity index (χ2v) is 3.28. The van der Waals surface area contributed by atoms with Crippen molar-refractivity contribution >= 4 is 6.08 Å². The standard InChI is InChI=1S/C11H12O/c1-8-2-5-11-9(6-8)3-4-10(11)7-12/h2-6,10,12H,7H2,1H3. The zero-order chi connectivity index (χ0) is 8.55. The summed E-state index contributed by atoms with van der Waals surface area (Å²) in [5, 5.41) is 9.03. The number of benzene rings is 1. The van der Waals surface area contributed by atoms with Crippen molar-refractivity contribution in [2.75, 3.05) is 6.61 Å². The Morgan fingerprint density at radius 2 is 2.25 bits per heavy atom. The fraction of sp³-hybridized carbons (Fsp3) is 0.273. The van der Waals surface area contributed by atoms with Crippen LogP contribution < -0.4 is 0 Å². The van der Waals surface area contributed by atoms with Crippen LogP contribution in [0.4, 0.5) is 0 Å². The van der Waals surface area contributed by atoms with E-state index in [4.69, 9.17) is 5.11 Å². The Morgan fingerprint density at radius 1 is 1.42 bits per heavy atom. The largest absolute Gasteiger partial charge is 0.395 e. The minimum atomic E-state index is 0.215. The molecule has 0 saturated heterocycles. The third-order valence-corrected chi connectivity index (χ3v) is 2.35. The topological polar surface area (TPSA) is 20.2 Å². The molecule has 0 bridgehead atoms. The monoisotopic (exact) mass is 160 g/mol. The van der Waals surface area contributed by atoms with E-state index in [1.54, 1.807) is 0 Å². The maximum absolute atomic E-state index is 9.03. The number of aliphatic hydroxyl groups is 1. The van der Waals surface area contributed by atoms with Crippen LogP contribution >= 0.6 is 0 Å². The zero-order valence-electron chi connectivity index (χ0n) is 7.12. The summed E-state index contributed by atoms with van der Waals surface area (Å²) in [5.41, 5.74) is 3.79. The second kappa shape index (κ2) is 2.76. The number of rotatable bonds is 1. The van der Waals surface area contributed by atoms with Gasteiger partial charge in [-0.05, 0) is 18.1 Å².